The minimum absolute atomic E-state index is 0.289. The molecular weight excluding hydrogens is 481 g/mol. The van der Waals surface area contributed by atoms with Gasteiger partial charge in [0.05, 0.1) is 0 Å². The Morgan fingerprint density at radius 3 is 1.65 bits per heavy atom. The van der Waals surface area contributed by atoms with Crippen molar-refractivity contribution in [1.29, 1.82) is 0 Å². The predicted molar refractivity (Wildman–Crippen MR) is 84.1 cm³/mol. The normalized spacial score (nSPS) is 9.83. The van der Waals surface area contributed by atoms with E-state index in [0.29, 0.717) is 24.3 Å². The molecule has 5 heteroatoms. The number of carbonyl (C=O) groups excluding carboxylic acids is 2. The van der Waals surface area contributed by atoms with Crippen LogP contribution in [0.3, 0.4) is 0 Å². The summed E-state index contributed by atoms with van der Waals surface area (Å²) in [6.07, 6.45) is 0. The Kier molecular flexibility index (Phi) is 6.77. The first-order valence-electron chi connectivity index (χ1n) is 7.66. The summed E-state index contributed by atoms with van der Waals surface area (Å²) in [4.78, 5) is 23.6. The molecule has 0 spiro atoms. The van der Waals surface area contributed by atoms with Crippen LogP contribution < -0.4 is 6.14 Å². The summed E-state index contributed by atoms with van der Waals surface area (Å²) in [5.74, 6) is -0.578. The maximum absolute atomic E-state index is 11.8. The van der Waals surface area contributed by atoms with Crippen LogP contribution in [0.1, 0.15) is 34.6 Å². The molecule has 0 saturated carbocycles. The first-order valence-corrected chi connectivity index (χ1v) is 13.2. The van der Waals surface area contributed by atoms with Crippen molar-refractivity contribution in [3.63, 3.8) is 0 Å². The first kappa shape index (κ1) is 17.7. The van der Waals surface area contributed by atoms with Crippen molar-refractivity contribution >= 4 is 18.1 Å². The van der Waals surface area contributed by atoms with Gasteiger partial charge in [-0.25, -0.2) is 0 Å². The van der Waals surface area contributed by atoms with Gasteiger partial charge in [-0.15, -0.1) is 0 Å². The SMILES string of the molecule is CCOC(=O)c1ccc[c]([Hg][c]2cccc(C(=O)OCC)c2)c1. The number of carbonyl (C=O) groups is 2. The molecule has 0 aliphatic heterocycles. The molecule has 0 heterocycles. The van der Waals surface area contributed by atoms with Gasteiger partial charge in [0.25, 0.3) is 0 Å². The average Bonchev–Trinajstić information content (AvgIpc) is 2.56. The molecule has 0 saturated heterocycles. The summed E-state index contributed by atoms with van der Waals surface area (Å²) in [6, 6.07) is 15.2. The zero-order chi connectivity index (χ0) is 16.7. The molecule has 0 fully saturated rings. The van der Waals surface area contributed by atoms with Gasteiger partial charge < -0.3 is 0 Å². The summed E-state index contributed by atoms with van der Waals surface area (Å²) in [5.41, 5.74) is 1.18. The van der Waals surface area contributed by atoms with Gasteiger partial charge in [0.2, 0.25) is 0 Å². The van der Waals surface area contributed by atoms with Crippen LogP contribution in [-0.4, -0.2) is 25.2 Å². The summed E-state index contributed by atoms with van der Waals surface area (Å²) in [7, 11) is 0. The van der Waals surface area contributed by atoms with Gasteiger partial charge in [-0.05, 0) is 0 Å². The fourth-order valence-electron chi connectivity index (χ4n) is 2.28. The van der Waals surface area contributed by atoms with Gasteiger partial charge in [0.1, 0.15) is 0 Å². The van der Waals surface area contributed by atoms with Crippen molar-refractivity contribution in [2.75, 3.05) is 13.2 Å². The van der Waals surface area contributed by atoms with Gasteiger partial charge >= 0.3 is 148 Å². The number of esters is 2. The Hall–Kier alpha value is -1.68. The molecule has 0 aliphatic rings. The molecule has 0 bridgehead atoms. The van der Waals surface area contributed by atoms with E-state index in [-0.39, 0.29) is 11.9 Å². The Morgan fingerprint density at radius 1 is 0.826 bits per heavy atom. The molecule has 23 heavy (non-hydrogen) atoms. The van der Waals surface area contributed by atoms with E-state index in [1.807, 2.05) is 36.4 Å². The predicted octanol–water partition coefficient (Wildman–Crippen LogP) is 2.07. The van der Waals surface area contributed by atoms with Crippen molar-refractivity contribution in [3.8, 4) is 0 Å². The number of hydrogen-bond acceptors (Lipinski definition) is 4. The second kappa shape index (κ2) is 8.82. The van der Waals surface area contributed by atoms with Gasteiger partial charge in [0, 0.05) is 0 Å². The van der Waals surface area contributed by atoms with Crippen LogP contribution in [0, 0.1) is 0 Å². The fraction of sp³-hybridized carbons (Fsp3) is 0.222. The first-order chi connectivity index (χ1) is 11.1. The summed E-state index contributed by atoms with van der Waals surface area (Å²) >= 11 is -1.63. The molecular formula is C18H18HgO4. The van der Waals surface area contributed by atoms with Crippen LogP contribution >= 0.6 is 0 Å². The second-order valence-electron chi connectivity index (χ2n) is 5.02. The Labute approximate surface area is 148 Å². The zero-order valence-corrected chi connectivity index (χ0v) is 18.9. The monoisotopic (exact) mass is 500 g/mol. The molecule has 0 unspecified atom stereocenters. The van der Waals surface area contributed by atoms with E-state index in [4.69, 9.17) is 9.47 Å². The van der Waals surface area contributed by atoms with Crippen LogP contribution in [0.2, 0.25) is 0 Å². The zero-order valence-electron chi connectivity index (χ0n) is 13.4. The van der Waals surface area contributed by atoms with E-state index in [0.717, 1.165) is 0 Å². The van der Waals surface area contributed by atoms with Crippen LogP contribution in [0.15, 0.2) is 48.5 Å². The molecule has 0 aliphatic carbocycles. The third-order valence-electron chi connectivity index (χ3n) is 3.28. The average molecular weight is 499 g/mol. The van der Waals surface area contributed by atoms with E-state index in [2.05, 4.69) is 0 Å². The van der Waals surface area contributed by atoms with Gasteiger partial charge in [-0.2, -0.15) is 0 Å². The molecule has 0 aromatic heterocycles. The van der Waals surface area contributed by atoms with Crippen LogP contribution in [0.25, 0.3) is 0 Å². The van der Waals surface area contributed by atoms with E-state index < -0.39 is 24.6 Å². The molecule has 0 N–H and O–H groups in total. The molecule has 2 aromatic rings. The van der Waals surface area contributed by atoms with Gasteiger partial charge in [-0.1, -0.05) is 0 Å². The maximum atomic E-state index is 11.8. The molecule has 2 rings (SSSR count). The topological polar surface area (TPSA) is 52.6 Å². The molecule has 4 nitrogen and oxygen atoms in total. The summed E-state index contributed by atoms with van der Waals surface area (Å²) < 4.78 is 12.5. The standard InChI is InChI=1S/2C9H9O2.Hg/c2*1-2-11-9(10)8-6-4-3-5-7-8;/h2*3-4,6-7H,2H2,1H3;. The fourth-order valence-corrected chi connectivity index (χ4v) is 8.59. The third-order valence-corrected chi connectivity index (χ3v) is 9.88. The van der Waals surface area contributed by atoms with Crippen molar-refractivity contribution in [2.45, 2.75) is 13.8 Å². The summed E-state index contributed by atoms with van der Waals surface area (Å²) in [5, 5.41) is 0. The van der Waals surface area contributed by atoms with Crippen LogP contribution in [0.4, 0.5) is 0 Å². The van der Waals surface area contributed by atoms with Crippen molar-refractivity contribution in [1.82, 2.24) is 0 Å². The third kappa shape index (κ3) is 5.17. The van der Waals surface area contributed by atoms with Gasteiger partial charge in [-0.3, -0.25) is 0 Å². The number of benzene rings is 2. The van der Waals surface area contributed by atoms with Crippen molar-refractivity contribution in [3.05, 3.63) is 59.7 Å². The molecule has 0 amide bonds. The Morgan fingerprint density at radius 2 is 1.26 bits per heavy atom. The van der Waals surface area contributed by atoms with E-state index >= 15 is 0 Å². The van der Waals surface area contributed by atoms with Crippen LogP contribution in [-0.2, 0) is 34.0 Å². The van der Waals surface area contributed by atoms with E-state index in [9.17, 15) is 9.59 Å². The quantitative estimate of drug-likeness (QED) is 0.452. The molecule has 116 valence electrons. The second-order valence-corrected chi connectivity index (χ2v) is 12.7. The Bertz CT molecular complexity index is 637. The van der Waals surface area contributed by atoms with Crippen molar-refractivity contribution in [2.24, 2.45) is 0 Å². The van der Waals surface area contributed by atoms with Gasteiger partial charge in [0.15, 0.2) is 0 Å². The Balaban J connectivity index is 2.16. The minimum atomic E-state index is -1.63. The van der Waals surface area contributed by atoms with E-state index in [1.165, 1.54) is 6.14 Å². The molecule has 0 atom stereocenters. The summed E-state index contributed by atoms with van der Waals surface area (Å²) in [6.45, 7) is 4.33. The number of ether oxygens (including phenoxy) is 2. The molecule has 0 radical (unpaired) electrons. The number of rotatable bonds is 6. The van der Waals surface area contributed by atoms with Crippen LogP contribution in [0.5, 0.6) is 0 Å². The van der Waals surface area contributed by atoms with E-state index in [1.54, 1.807) is 26.0 Å². The van der Waals surface area contributed by atoms with Crippen molar-refractivity contribution < 1.29 is 43.6 Å². The molecule has 2 aromatic carbocycles. The number of hydrogen-bond donors (Lipinski definition) is 0.